The molecule has 0 saturated carbocycles. The molecule has 0 aliphatic rings. The summed E-state index contributed by atoms with van der Waals surface area (Å²) in [5, 5.41) is 18.7. The zero-order valence-corrected chi connectivity index (χ0v) is 18.9. The van der Waals surface area contributed by atoms with E-state index in [1.54, 1.807) is 12.1 Å². The van der Waals surface area contributed by atoms with Gasteiger partial charge >= 0.3 is 0 Å². The number of carbonyl (C=O) groups is 1. The number of aryl methyl sites for hydroxylation is 1. The highest BCUT2D eigenvalue weighted by atomic mass is 16.6. The smallest absolute Gasteiger partial charge is 0.286 e. The number of ether oxygens (including phenoxy) is 2. The van der Waals surface area contributed by atoms with Crippen LogP contribution < -0.4 is 20.3 Å². The number of rotatable bonds is 8. The van der Waals surface area contributed by atoms with Crippen molar-refractivity contribution in [2.75, 3.05) is 19.5 Å². The number of anilines is 1. The Hall–Kier alpha value is -4.94. The van der Waals surface area contributed by atoms with Gasteiger partial charge in [-0.2, -0.15) is 9.78 Å². The first-order valence-electron chi connectivity index (χ1n) is 10.3. The van der Waals surface area contributed by atoms with Gasteiger partial charge in [0.1, 0.15) is 17.1 Å². The number of hydrogen-bond acceptors (Lipinski definition) is 9. The van der Waals surface area contributed by atoms with Gasteiger partial charge in [0.25, 0.3) is 17.2 Å². The molecule has 0 aliphatic heterocycles. The second-order valence-corrected chi connectivity index (χ2v) is 7.15. The van der Waals surface area contributed by atoms with Crippen molar-refractivity contribution in [3.63, 3.8) is 0 Å². The molecule has 4 aromatic rings. The molecular weight excluding hydrogens is 460 g/mol. The molecule has 180 valence electrons. The quantitative estimate of drug-likeness (QED) is 0.284. The number of hydrogen-bond donors (Lipinski definition) is 2. The lowest BCUT2D eigenvalue weighted by Crippen LogP contribution is -2.20. The lowest BCUT2D eigenvalue weighted by Gasteiger charge is -2.11. The first kappa shape index (κ1) is 23.2. The summed E-state index contributed by atoms with van der Waals surface area (Å²) in [7, 11) is 2.67. The number of amides is 1. The van der Waals surface area contributed by atoms with Crippen molar-refractivity contribution in [2.24, 2.45) is 0 Å². The molecular formula is C22H20N6O7. The minimum Gasteiger partial charge on any atom is -0.493 e. The summed E-state index contributed by atoms with van der Waals surface area (Å²) < 4.78 is 16.9. The Bertz CT molecular complexity index is 1460. The average molecular weight is 480 g/mol. The van der Waals surface area contributed by atoms with E-state index in [9.17, 15) is 19.7 Å². The zero-order valence-electron chi connectivity index (χ0n) is 18.9. The molecule has 0 fully saturated rings. The van der Waals surface area contributed by atoms with E-state index in [2.05, 4.69) is 20.4 Å². The summed E-state index contributed by atoms with van der Waals surface area (Å²) >= 11 is 0. The third-order valence-electron chi connectivity index (χ3n) is 5.01. The van der Waals surface area contributed by atoms with Crippen LogP contribution in [0.25, 0.3) is 17.4 Å². The average Bonchev–Trinajstić information content (AvgIpc) is 3.52. The third kappa shape index (κ3) is 4.59. The summed E-state index contributed by atoms with van der Waals surface area (Å²) in [5.41, 5.74) is -0.335. The second kappa shape index (κ2) is 9.51. The number of aromatic amines is 1. The molecule has 4 rings (SSSR count). The van der Waals surface area contributed by atoms with Gasteiger partial charge in [-0.3, -0.25) is 24.7 Å². The fraction of sp³-hybridized carbons (Fsp3) is 0.182. The number of benzene rings is 1. The second-order valence-electron chi connectivity index (χ2n) is 7.15. The Morgan fingerprint density at radius 2 is 1.97 bits per heavy atom. The fourth-order valence-electron chi connectivity index (χ4n) is 3.34. The maximum Gasteiger partial charge on any atom is 0.286 e. The predicted molar refractivity (Wildman–Crippen MR) is 123 cm³/mol. The fourth-order valence-corrected chi connectivity index (χ4v) is 3.34. The van der Waals surface area contributed by atoms with Gasteiger partial charge in [-0.15, -0.1) is 0 Å². The van der Waals surface area contributed by atoms with Gasteiger partial charge in [-0.25, -0.2) is 4.98 Å². The van der Waals surface area contributed by atoms with Gasteiger partial charge in [-0.1, -0.05) is 6.92 Å². The molecule has 13 nitrogen and oxygen atoms in total. The normalized spacial score (nSPS) is 10.7. The highest BCUT2D eigenvalue weighted by Gasteiger charge is 2.26. The molecule has 1 aromatic carbocycles. The zero-order chi connectivity index (χ0) is 25.1. The van der Waals surface area contributed by atoms with E-state index in [1.165, 1.54) is 43.4 Å². The minimum atomic E-state index is -0.821. The van der Waals surface area contributed by atoms with E-state index in [0.29, 0.717) is 23.6 Å². The van der Waals surface area contributed by atoms with E-state index in [1.807, 2.05) is 6.92 Å². The van der Waals surface area contributed by atoms with Crippen LogP contribution in [-0.2, 0) is 6.42 Å². The van der Waals surface area contributed by atoms with Crippen LogP contribution in [0.15, 0.2) is 51.9 Å². The predicted octanol–water partition coefficient (Wildman–Crippen LogP) is 2.96. The molecule has 0 atom stereocenters. The molecule has 35 heavy (non-hydrogen) atoms. The number of nitrogens with zero attached hydrogens (tertiary/aromatic N) is 4. The van der Waals surface area contributed by atoms with Crippen LogP contribution in [-0.4, -0.2) is 44.8 Å². The van der Waals surface area contributed by atoms with Crippen molar-refractivity contribution in [3.05, 3.63) is 74.4 Å². The summed E-state index contributed by atoms with van der Waals surface area (Å²) in [5.74, 6) is -0.0657. The van der Waals surface area contributed by atoms with Gasteiger partial charge < -0.3 is 19.2 Å². The number of nitro groups is 1. The van der Waals surface area contributed by atoms with E-state index >= 15 is 0 Å². The van der Waals surface area contributed by atoms with Crippen LogP contribution in [0.2, 0.25) is 0 Å². The van der Waals surface area contributed by atoms with E-state index in [0.717, 1.165) is 6.07 Å². The Labute approximate surface area is 197 Å². The highest BCUT2D eigenvalue weighted by Crippen LogP contribution is 2.35. The van der Waals surface area contributed by atoms with Crippen molar-refractivity contribution in [1.29, 1.82) is 0 Å². The molecule has 1 amide bonds. The molecule has 3 heterocycles. The van der Waals surface area contributed by atoms with Crippen molar-refractivity contribution in [3.8, 4) is 28.9 Å². The van der Waals surface area contributed by atoms with Crippen LogP contribution in [0.1, 0.15) is 23.0 Å². The number of nitrogens with one attached hydrogen (secondary N) is 2. The largest absolute Gasteiger partial charge is 0.493 e. The topological polar surface area (TPSA) is 167 Å². The molecule has 3 aromatic heterocycles. The lowest BCUT2D eigenvalue weighted by molar-refractivity contribution is -0.385. The Kier molecular flexibility index (Phi) is 6.31. The summed E-state index contributed by atoms with van der Waals surface area (Å²) in [6.45, 7) is 1.84. The molecule has 0 saturated heterocycles. The maximum absolute atomic E-state index is 13.2. The van der Waals surface area contributed by atoms with Crippen molar-refractivity contribution in [1.82, 2.24) is 19.7 Å². The van der Waals surface area contributed by atoms with E-state index in [-0.39, 0.29) is 28.8 Å². The number of nitro benzene ring substituents is 1. The van der Waals surface area contributed by atoms with Gasteiger partial charge in [0.2, 0.25) is 5.95 Å². The number of aromatic nitrogens is 4. The van der Waals surface area contributed by atoms with Gasteiger partial charge in [-0.05, 0) is 18.6 Å². The first-order valence-corrected chi connectivity index (χ1v) is 10.3. The van der Waals surface area contributed by atoms with Crippen LogP contribution in [0, 0.1) is 10.1 Å². The molecule has 0 radical (unpaired) electrons. The Morgan fingerprint density at radius 3 is 2.60 bits per heavy atom. The molecule has 0 aliphatic carbocycles. The summed E-state index contributed by atoms with van der Waals surface area (Å²) in [4.78, 5) is 43.3. The third-order valence-corrected chi connectivity index (χ3v) is 5.01. The van der Waals surface area contributed by atoms with Crippen LogP contribution in [0.4, 0.5) is 11.5 Å². The maximum atomic E-state index is 13.2. The Morgan fingerprint density at radius 1 is 1.23 bits per heavy atom. The summed E-state index contributed by atoms with van der Waals surface area (Å²) in [6.07, 6.45) is 1.94. The molecule has 0 bridgehead atoms. The molecule has 13 heteroatoms. The lowest BCUT2D eigenvalue weighted by atomic mass is 10.1. The van der Waals surface area contributed by atoms with Crippen molar-refractivity contribution >= 4 is 17.4 Å². The first-order chi connectivity index (χ1) is 16.8. The van der Waals surface area contributed by atoms with Gasteiger partial charge in [0.05, 0.1) is 31.5 Å². The van der Waals surface area contributed by atoms with Gasteiger partial charge in [0.15, 0.2) is 17.3 Å². The monoisotopic (exact) mass is 480 g/mol. The molecule has 0 spiro atoms. The standard InChI is InChI=1S/C22H20N6O7/c1-4-12-8-20(29)25-22(23-12)27-19(10-14(26-27)16-6-5-7-35-16)24-21(30)13-9-17(33-2)18(34-3)11-15(13)28(31)32/h5-11H,4H2,1-3H3,(H,24,30)(H,23,25,29). The van der Waals surface area contributed by atoms with Crippen LogP contribution in [0.3, 0.4) is 0 Å². The number of H-pyrrole nitrogens is 1. The van der Waals surface area contributed by atoms with Crippen LogP contribution >= 0.6 is 0 Å². The van der Waals surface area contributed by atoms with E-state index < -0.39 is 22.1 Å². The van der Waals surface area contributed by atoms with Gasteiger partial charge in [0, 0.05) is 23.9 Å². The van der Waals surface area contributed by atoms with E-state index in [4.69, 9.17) is 13.9 Å². The van der Waals surface area contributed by atoms with Crippen molar-refractivity contribution < 1.29 is 23.6 Å². The number of carbonyl (C=O) groups excluding carboxylic acids is 1. The highest BCUT2D eigenvalue weighted by molar-refractivity contribution is 6.07. The number of methoxy groups -OCH3 is 2. The molecule has 2 N–H and O–H groups in total. The Balaban J connectivity index is 1.82. The van der Waals surface area contributed by atoms with Crippen molar-refractivity contribution in [2.45, 2.75) is 13.3 Å². The number of furan rings is 1. The minimum absolute atomic E-state index is 0.0456. The van der Waals surface area contributed by atoms with Crippen LogP contribution in [0.5, 0.6) is 11.5 Å². The molecule has 0 unspecified atom stereocenters. The SMILES string of the molecule is CCc1cc(=O)[nH]c(-n2nc(-c3ccco3)cc2NC(=O)c2cc(OC)c(OC)cc2[N+](=O)[O-])n1. The summed E-state index contributed by atoms with van der Waals surface area (Å²) in [6, 6.07) is 8.47.